The van der Waals surface area contributed by atoms with E-state index in [2.05, 4.69) is 4.90 Å². The van der Waals surface area contributed by atoms with E-state index in [0.29, 0.717) is 30.9 Å². The number of methoxy groups -OCH3 is 1. The minimum atomic E-state index is -1.65. The van der Waals surface area contributed by atoms with Crippen LogP contribution in [-0.2, 0) is 50.0 Å². The van der Waals surface area contributed by atoms with E-state index in [-0.39, 0.29) is 18.2 Å². The van der Waals surface area contributed by atoms with E-state index in [1.54, 1.807) is 26.8 Å². The summed E-state index contributed by atoms with van der Waals surface area (Å²) < 4.78 is 33.4. The van der Waals surface area contributed by atoms with Gasteiger partial charge in [-0.3, -0.25) is 9.59 Å². The van der Waals surface area contributed by atoms with E-state index in [9.17, 15) is 24.3 Å². The molecule has 2 aliphatic carbocycles. The molecule has 0 amide bonds. The van der Waals surface area contributed by atoms with Crippen molar-refractivity contribution in [3.05, 3.63) is 35.1 Å². The van der Waals surface area contributed by atoms with Gasteiger partial charge in [0.15, 0.2) is 23.7 Å². The van der Waals surface area contributed by atoms with Crippen LogP contribution < -0.4 is 9.47 Å². The summed E-state index contributed by atoms with van der Waals surface area (Å²) in [4.78, 5) is 52.4. The first kappa shape index (κ1) is 30.8. The van der Waals surface area contributed by atoms with Crippen molar-refractivity contribution >= 4 is 23.9 Å². The summed E-state index contributed by atoms with van der Waals surface area (Å²) in [5.41, 5.74) is -1.01. The molecule has 5 rings (SSSR count). The fourth-order valence-corrected chi connectivity index (χ4v) is 6.97. The molecule has 2 aliphatic heterocycles. The standard InChI is InChI=1S/C31H39NO11/c1-16(27(35)43-29(3,4)5)39-23(34)15-21(40-17(2)33)28(36)41-20-10-11-31(37)22-14-18-8-9-19(38-7)25-24(18)30(31,26(20)42-25)12-13-32(22)6/h8-10,16,21-22,26,37H,11-15H2,1-7H3/t16?,21?,22-,26+,30+,31-/m1/s1. The van der Waals surface area contributed by atoms with Gasteiger partial charge in [-0.15, -0.1) is 0 Å². The molecule has 12 heteroatoms. The average molecular weight is 602 g/mol. The van der Waals surface area contributed by atoms with Crippen LogP contribution in [0.25, 0.3) is 0 Å². The van der Waals surface area contributed by atoms with Crippen molar-refractivity contribution in [1.82, 2.24) is 4.90 Å². The number of aliphatic hydroxyl groups is 1. The Morgan fingerprint density at radius 1 is 1.16 bits per heavy atom. The summed E-state index contributed by atoms with van der Waals surface area (Å²) in [5, 5.41) is 12.3. The normalized spacial score (nSPS) is 28.3. The molecule has 1 fully saturated rings. The Morgan fingerprint density at radius 2 is 1.88 bits per heavy atom. The summed E-state index contributed by atoms with van der Waals surface area (Å²) in [5.74, 6) is -2.39. The highest BCUT2D eigenvalue weighted by Crippen LogP contribution is 2.65. The number of ether oxygens (including phenoxy) is 6. The highest BCUT2D eigenvalue weighted by molar-refractivity contribution is 5.86. The zero-order valence-corrected chi connectivity index (χ0v) is 25.6. The molecule has 12 nitrogen and oxygen atoms in total. The van der Waals surface area contributed by atoms with Gasteiger partial charge >= 0.3 is 23.9 Å². The maximum atomic E-state index is 13.4. The molecule has 1 aromatic carbocycles. The molecule has 2 heterocycles. The van der Waals surface area contributed by atoms with E-state index in [1.807, 2.05) is 19.2 Å². The number of carbonyl (C=O) groups excluding carboxylic acids is 4. The maximum absolute atomic E-state index is 13.4. The molecular formula is C31H39NO11. The van der Waals surface area contributed by atoms with Gasteiger partial charge in [0.1, 0.15) is 11.4 Å². The number of hydrogen-bond acceptors (Lipinski definition) is 12. The van der Waals surface area contributed by atoms with Crippen molar-refractivity contribution < 1.29 is 52.7 Å². The number of piperidine rings is 1. The summed E-state index contributed by atoms with van der Waals surface area (Å²) in [6.45, 7) is 8.15. The Labute approximate surface area is 250 Å². The topological polar surface area (TPSA) is 147 Å². The van der Waals surface area contributed by atoms with Crippen molar-refractivity contribution in [3.63, 3.8) is 0 Å². The third-order valence-electron chi connectivity index (χ3n) is 8.75. The largest absolute Gasteiger partial charge is 0.493 e. The van der Waals surface area contributed by atoms with Crippen LogP contribution in [0.1, 0.15) is 65.0 Å². The van der Waals surface area contributed by atoms with E-state index in [4.69, 9.17) is 28.4 Å². The summed E-state index contributed by atoms with van der Waals surface area (Å²) in [6, 6.07) is 3.63. The van der Waals surface area contributed by atoms with Gasteiger partial charge in [-0.2, -0.15) is 0 Å². The molecule has 2 bridgehead atoms. The lowest BCUT2D eigenvalue weighted by Crippen LogP contribution is -2.74. The highest BCUT2D eigenvalue weighted by atomic mass is 16.6. The molecule has 0 radical (unpaired) electrons. The first-order valence-electron chi connectivity index (χ1n) is 14.4. The predicted molar refractivity (Wildman–Crippen MR) is 149 cm³/mol. The minimum absolute atomic E-state index is 0.150. The van der Waals surface area contributed by atoms with E-state index >= 15 is 0 Å². The number of benzene rings is 1. The zero-order valence-electron chi connectivity index (χ0n) is 25.6. The van der Waals surface area contributed by atoms with Crippen molar-refractivity contribution in [2.24, 2.45) is 0 Å². The van der Waals surface area contributed by atoms with Crippen LogP contribution in [0, 0.1) is 0 Å². The smallest absolute Gasteiger partial charge is 0.353 e. The molecule has 6 atom stereocenters. The fraction of sp³-hybridized carbons (Fsp3) is 0.613. The Hall–Kier alpha value is -3.64. The first-order valence-corrected chi connectivity index (χ1v) is 14.4. The van der Waals surface area contributed by atoms with Crippen LogP contribution in [0.5, 0.6) is 11.5 Å². The lowest BCUT2D eigenvalue weighted by atomic mass is 9.50. The first-order chi connectivity index (χ1) is 20.1. The van der Waals surface area contributed by atoms with Crippen LogP contribution in [-0.4, -0.2) is 90.1 Å². The molecule has 0 saturated carbocycles. The fourth-order valence-electron chi connectivity index (χ4n) is 6.97. The van der Waals surface area contributed by atoms with Crippen molar-refractivity contribution in [2.75, 3.05) is 20.7 Å². The molecule has 4 aliphatic rings. The summed E-state index contributed by atoms with van der Waals surface area (Å²) >= 11 is 0. The quantitative estimate of drug-likeness (QED) is 0.344. The van der Waals surface area contributed by atoms with Gasteiger partial charge in [0.2, 0.25) is 6.10 Å². The van der Waals surface area contributed by atoms with Gasteiger partial charge < -0.3 is 38.4 Å². The number of carbonyl (C=O) groups is 4. The lowest BCUT2D eigenvalue weighted by molar-refractivity contribution is -0.181. The second-order valence-electron chi connectivity index (χ2n) is 12.7. The molecule has 1 spiro atoms. The zero-order chi connectivity index (χ0) is 31.5. The Kier molecular flexibility index (Phi) is 7.75. The SMILES string of the molecule is COc1ccc2c3c1O[C@H]1C(OC(=O)C(CC(=O)OC(C)C(=O)OC(C)(C)C)OC(C)=O)=CC[C@@]4(O)[C@@H](C2)N(C)CC[C@]314. The maximum Gasteiger partial charge on any atom is 0.353 e. The van der Waals surface area contributed by atoms with Gasteiger partial charge in [0, 0.05) is 24.9 Å². The number of hydrogen-bond donors (Lipinski definition) is 1. The van der Waals surface area contributed by atoms with Gasteiger partial charge in [-0.1, -0.05) is 6.07 Å². The number of likely N-dealkylation sites (tertiary alicyclic amines) is 1. The molecule has 234 valence electrons. The van der Waals surface area contributed by atoms with Gasteiger partial charge in [0.25, 0.3) is 0 Å². The van der Waals surface area contributed by atoms with Crippen LogP contribution in [0.3, 0.4) is 0 Å². The average Bonchev–Trinajstić information content (AvgIpc) is 3.26. The van der Waals surface area contributed by atoms with Crippen molar-refractivity contribution in [1.29, 1.82) is 0 Å². The number of rotatable bonds is 8. The van der Waals surface area contributed by atoms with Crippen LogP contribution >= 0.6 is 0 Å². The number of nitrogens with zero attached hydrogens (tertiary/aromatic N) is 1. The third-order valence-corrected chi connectivity index (χ3v) is 8.75. The van der Waals surface area contributed by atoms with Gasteiger partial charge in [-0.05, 0) is 71.8 Å². The minimum Gasteiger partial charge on any atom is -0.493 e. The molecule has 1 saturated heterocycles. The Bertz CT molecular complexity index is 1380. The highest BCUT2D eigenvalue weighted by Gasteiger charge is 2.72. The van der Waals surface area contributed by atoms with Gasteiger partial charge in [-0.25, -0.2) is 9.59 Å². The second-order valence-corrected chi connectivity index (χ2v) is 12.7. The van der Waals surface area contributed by atoms with Gasteiger partial charge in [0.05, 0.1) is 24.5 Å². The molecule has 0 aromatic heterocycles. The lowest BCUT2D eigenvalue weighted by Gasteiger charge is -2.61. The molecule has 2 unspecified atom stereocenters. The molecular weight excluding hydrogens is 562 g/mol. The predicted octanol–water partition coefficient (Wildman–Crippen LogP) is 2.11. The van der Waals surface area contributed by atoms with Crippen LogP contribution in [0.15, 0.2) is 24.0 Å². The Morgan fingerprint density at radius 3 is 2.53 bits per heavy atom. The van der Waals surface area contributed by atoms with E-state index < -0.39 is 65.2 Å². The summed E-state index contributed by atoms with van der Waals surface area (Å²) in [6.07, 6.45) is -1.49. The van der Waals surface area contributed by atoms with E-state index in [0.717, 1.165) is 18.1 Å². The molecule has 43 heavy (non-hydrogen) atoms. The summed E-state index contributed by atoms with van der Waals surface area (Å²) in [7, 11) is 3.53. The van der Waals surface area contributed by atoms with Crippen molar-refractivity contribution in [3.8, 4) is 11.5 Å². The van der Waals surface area contributed by atoms with E-state index in [1.165, 1.54) is 14.0 Å². The van der Waals surface area contributed by atoms with Crippen LogP contribution in [0.2, 0.25) is 0 Å². The molecule has 1 aromatic rings. The second kappa shape index (κ2) is 10.8. The van der Waals surface area contributed by atoms with Crippen LogP contribution in [0.4, 0.5) is 0 Å². The number of likely N-dealkylation sites (N-methyl/N-ethyl adjacent to an activating group) is 1. The third kappa shape index (κ3) is 5.14. The van der Waals surface area contributed by atoms with Crippen molar-refractivity contribution in [2.45, 2.75) is 101 Å². The Balaban J connectivity index is 1.39. The number of esters is 4. The monoisotopic (exact) mass is 601 g/mol. The molecule has 1 N–H and O–H groups in total.